The molecule has 3 N–H and O–H groups in total. The van der Waals surface area contributed by atoms with E-state index in [1.807, 2.05) is 0 Å². The molecule has 0 aliphatic heterocycles. The minimum Gasteiger partial charge on any atom is -0.479 e. The highest BCUT2D eigenvalue weighted by atomic mass is 16.4. The highest BCUT2D eigenvalue weighted by molar-refractivity contribution is 5.76. The topological polar surface area (TPSA) is 69.6 Å². The molecule has 0 saturated heterocycles. The zero-order chi connectivity index (χ0) is 12.9. The average molecular weight is 243 g/mol. The van der Waals surface area contributed by atoms with Gasteiger partial charge in [-0.3, -0.25) is 0 Å². The Morgan fingerprint density at radius 3 is 2.29 bits per heavy atom. The summed E-state index contributed by atoms with van der Waals surface area (Å²) >= 11 is 0. The number of carboxylic acids is 1. The second kappa shape index (κ2) is 6.36. The molecule has 0 bridgehead atoms. The third-order valence-electron chi connectivity index (χ3n) is 3.91. The summed E-state index contributed by atoms with van der Waals surface area (Å²) in [5.74, 6) is 0.357. The van der Waals surface area contributed by atoms with E-state index in [0.29, 0.717) is 5.92 Å². The molecule has 1 rings (SSSR count). The lowest BCUT2D eigenvalue weighted by molar-refractivity contribution is -0.156. The normalized spacial score (nSPS) is 28.6. The van der Waals surface area contributed by atoms with Gasteiger partial charge in [-0.2, -0.15) is 0 Å². The van der Waals surface area contributed by atoms with E-state index in [-0.39, 0.29) is 6.54 Å². The van der Waals surface area contributed by atoms with Crippen molar-refractivity contribution in [1.29, 1.82) is 0 Å². The van der Waals surface area contributed by atoms with Crippen LogP contribution >= 0.6 is 0 Å². The maximum atomic E-state index is 10.7. The molecule has 0 heterocycles. The van der Waals surface area contributed by atoms with Crippen LogP contribution < -0.4 is 5.32 Å². The fraction of sp³-hybridized carbons (Fsp3) is 0.923. The van der Waals surface area contributed by atoms with Gasteiger partial charge in [-0.15, -0.1) is 0 Å². The molecule has 0 aromatic carbocycles. The van der Waals surface area contributed by atoms with Gasteiger partial charge < -0.3 is 15.5 Å². The first kappa shape index (κ1) is 14.5. The van der Waals surface area contributed by atoms with Crippen molar-refractivity contribution in [3.63, 3.8) is 0 Å². The van der Waals surface area contributed by atoms with Crippen molar-refractivity contribution in [3.05, 3.63) is 0 Å². The lowest BCUT2D eigenvalue weighted by atomic mass is 9.81. The van der Waals surface area contributed by atoms with Gasteiger partial charge >= 0.3 is 5.97 Å². The molecule has 1 aliphatic rings. The van der Waals surface area contributed by atoms with Gasteiger partial charge in [0, 0.05) is 6.54 Å². The Morgan fingerprint density at radius 2 is 1.82 bits per heavy atom. The van der Waals surface area contributed by atoms with Gasteiger partial charge in [0.2, 0.25) is 0 Å². The Hall–Kier alpha value is -0.610. The average Bonchev–Trinajstić information content (AvgIpc) is 2.29. The highest BCUT2D eigenvalue weighted by Gasteiger charge is 2.29. The molecule has 1 atom stereocenters. The van der Waals surface area contributed by atoms with E-state index in [9.17, 15) is 9.90 Å². The summed E-state index contributed by atoms with van der Waals surface area (Å²) in [6.45, 7) is 4.51. The lowest BCUT2D eigenvalue weighted by Crippen LogP contribution is -2.46. The molecule has 0 spiro atoms. The summed E-state index contributed by atoms with van der Waals surface area (Å²) in [4.78, 5) is 10.7. The molecule has 1 saturated carbocycles. The molecular weight excluding hydrogens is 218 g/mol. The summed E-state index contributed by atoms with van der Waals surface area (Å²) < 4.78 is 0. The van der Waals surface area contributed by atoms with Crippen molar-refractivity contribution in [2.45, 2.75) is 51.6 Å². The smallest absolute Gasteiger partial charge is 0.336 e. The SMILES string of the molecule is CCC1CCC(CNCC(C)(O)C(=O)O)CC1. The number of aliphatic carboxylic acids is 1. The van der Waals surface area contributed by atoms with Gasteiger partial charge in [0.25, 0.3) is 0 Å². The van der Waals surface area contributed by atoms with Crippen LogP contribution in [0.5, 0.6) is 0 Å². The fourth-order valence-corrected chi connectivity index (χ4v) is 2.44. The van der Waals surface area contributed by atoms with Crippen LogP contribution in [0.2, 0.25) is 0 Å². The molecule has 1 fully saturated rings. The van der Waals surface area contributed by atoms with Gasteiger partial charge in [-0.25, -0.2) is 4.79 Å². The van der Waals surface area contributed by atoms with Crippen molar-refractivity contribution in [1.82, 2.24) is 5.32 Å². The number of hydrogen-bond donors (Lipinski definition) is 3. The zero-order valence-electron chi connectivity index (χ0n) is 10.9. The van der Waals surface area contributed by atoms with Crippen LogP contribution in [0.1, 0.15) is 46.0 Å². The molecule has 1 unspecified atom stereocenters. The molecule has 0 aromatic rings. The zero-order valence-corrected chi connectivity index (χ0v) is 10.9. The van der Waals surface area contributed by atoms with Crippen LogP contribution in [-0.2, 0) is 4.79 Å². The van der Waals surface area contributed by atoms with Crippen molar-refractivity contribution in [2.24, 2.45) is 11.8 Å². The second-order valence-corrected chi connectivity index (χ2v) is 5.50. The number of nitrogens with one attached hydrogen (secondary N) is 1. The third-order valence-corrected chi connectivity index (χ3v) is 3.91. The standard InChI is InChI=1S/C13H25NO3/c1-3-10-4-6-11(7-5-10)8-14-9-13(2,17)12(15)16/h10-11,14,17H,3-9H2,1-2H3,(H,15,16). The van der Waals surface area contributed by atoms with Crippen LogP contribution in [0, 0.1) is 11.8 Å². The predicted octanol–water partition coefficient (Wildman–Crippen LogP) is 1.63. The van der Waals surface area contributed by atoms with E-state index in [1.165, 1.54) is 39.0 Å². The number of hydrogen-bond acceptors (Lipinski definition) is 3. The Morgan fingerprint density at radius 1 is 1.29 bits per heavy atom. The number of aliphatic hydroxyl groups is 1. The van der Waals surface area contributed by atoms with E-state index in [4.69, 9.17) is 5.11 Å². The minimum atomic E-state index is -1.65. The number of carbonyl (C=O) groups is 1. The maximum Gasteiger partial charge on any atom is 0.336 e. The van der Waals surface area contributed by atoms with E-state index in [2.05, 4.69) is 12.2 Å². The first-order valence-electron chi connectivity index (χ1n) is 6.62. The van der Waals surface area contributed by atoms with E-state index >= 15 is 0 Å². The van der Waals surface area contributed by atoms with E-state index in [1.54, 1.807) is 0 Å². The summed E-state index contributed by atoms with van der Waals surface area (Å²) in [6.07, 6.45) is 6.30. The third kappa shape index (κ3) is 4.64. The first-order chi connectivity index (χ1) is 7.95. The number of rotatable bonds is 6. The monoisotopic (exact) mass is 243 g/mol. The predicted molar refractivity (Wildman–Crippen MR) is 66.9 cm³/mol. The maximum absolute atomic E-state index is 10.7. The number of carboxylic acid groups (broad SMARTS) is 1. The van der Waals surface area contributed by atoms with E-state index < -0.39 is 11.6 Å². The van der Waals surface area contributed by atoms with Gasteiger partial charge in [-0.1, -0.05) is 26.2 Å². The molecule has 1 aliphatic carbocycles. The summed E-state index contributed by atoms with van der Waals surface area (Å²) in [6, 6.07) is 0. The molecule has 4 nitrogen and oxygen atoms in total. The largest absolute Gasteiger partial charge is 0.479 e. The van der Waals surface area contributed by atoms with Gasteiger partial charge in [0.15, 0.2) is 5.60 Å². The van der Waals surface area contributed by atoms with Crippen LogP contribution in [0.25, 0.3) is 0 Å². The van der Waals surface area contributed by atoms with Crippen molar-refractivity contribution >= 4 is 5.97 Å². The summed E-state index contributed by atoms with van der Waals surface area (Å²) in [5, 5.41) is 21.4. The summed E-state index contributed by atoms with van der Waals surface area (Å²) in [7, 11) is 0. The second-order valence-electron chi connectivity index (χ2n) is 5.50. The summed E-state index contributed by atoms with van der Waals surface area (Å²) in [5.41, 5.74) is -1.65. The van der Waals surface area contributed by atoms with Crippen LogP contribution in [0.3, 0.4) is 0 Å². The molecule has 0 radical (unpaired) electrons. The molecule has 100 valence electrons. The fourth-order valence-electron chi connectivity index (χ4n) is 2.44. The Labute approximate surface area is 103 Å². The van der Waals surface area contributed by atoms with Crippen molar-refractivity contribution < 1.29 is 15.0 Å². The molecule has 17 heavy (non-hydrogen) atoms. The lowest BCUT2D eigenvalue weighted by Gasteiger charge is -2.28. The molecule has 0 aromatic heterocycles. The molecule has 0 amide bonds. The Kier molecular flexibility index (Phi) is 5.40. The van der Waals surface area contributed by atoms with E-state index in [0.717, 1.165) is 12.5 Å². The van der Waals surface area contributed by atoms with Crippen molar-refractivity contribution in [3.8, 4) is 0 Å². The van der Waals surface area contributed by atoms with Gasteiger partial charge in [-0.05, 0) is 38.1 Å². The van der Waals surface area contributed by atoms with Gasteiger partial charge in [0.05, 0.1) is 0 Å². The highest BCUT2D eigenvalue weighted by Crippen LogP contribution is 2.30. The quantitative estimate of drug-likeness (QED) is 0.663. The molecular formula is C13H25NO3. The Balaban J connectivity index is 2.18. The van der Waals surface area contributed by atoms with Crippen LogP contribution in [0.4, 0.5) is 0 Å². The van der Waals surface area contributed by atoms with Crippen LogP contribution in [-0.4, -0.2) is 34.9 Å². The molecule has 4 heteroatoms. The van der Waals surface area contributed by atoms with Gasteiger partial charge in [0.1, 0.15) is 0 Å². The first-order valence-corrected chi connectivity index (χ1v) is 6.62. The Bertz CT molecular complexity index is 245. The minimum absolute atomic E-state index is 0.121. The van der Waals surface area contributed by atoms with Crippen LogP contribution in [0.15, 0.2) is 0 Å². The van der Waals surface area contributed by atoms with Crippen molar-refractivity contribution in [2.75, 3.05) is 13.1 Å².